The van der Waals surface area contributed by atoms with Gasteiger partial charge in [0, 0.05) is 6.42 Å². The standard InChI is InChI=1S/C19H33O6P/c1-5-9-10-11-12-13-14-15-16-18(17-19(20)22-6-2)25-26(21,23-7-3)24-8-4/h5,12-13,17H,1,6-11,14-16H2,2-4H3/b13-12-,18-17-. The molecule has 0 aromatic carbocycles. The van der Waals surface area contributed by atoms with Gasteiger partial charge in [-0.1, -0.05) is 18.2 Å². The van der Waals surface area contributed by atoms with Gasteiger partial charge in [-0.05, 0) is 52.9 Å². The Kier molecular flexibility index (Phi) is 15.0. The number of esters is 1. The maximum absolute atomic E-state index is 12.5. The van der Waals surface area contributed by atoms with Gasteiger partial charge in [-0.25, -0.2) is 9.36 Å². The minimum absolute atomic E-state index is 0.178. The third kappa shape index (κ3) is 12.9. The third-order valence-electron chi connectivity index (χ3n) is 3.11. The maximum atomic E-state index is 12.5. The zero-order chi connectivity index (χ0) is 19.7. The van der Waals surface area contributed by atoms with E-state index in [1.165, 1.54) is 6.08 Å². The van der Waals surface area contributed by atoms with Crippen LogP contribution >= 0.6 is 7.82 Å². The molecule has 7 heteroatoms. The van der Waals surface area contributed by atoms with Crippen molar-refractivity contribution in [1.29, 1.82) is 0 Å². The minimum Gasteiger partial charge on any atom is -0.463 e. The van der Waals surface area contributed by atoms with Crippen LogP contribution in [0.3, 0.4) is 0 Å². The van der Waals surface area contributed by atoms with Gasteiger partial charge in [-0.15, -0.1) is 6.58 Å². The minimum atomic E-state index is -3.73. The average molecular weight is 388 g/mol. The highest BCUT2D eigenvalue weighted by Crippen LogP contribution is 2.51. The van der Waals surface area contributed by atoms with E-state index in [9.17, 15) is 9.36 Å². The van der Waals surface area contributed by atoms with E-state index in [4.69, 9.17) is 18.3 Å². The van der Waals surface area contributed by atoms with Gasteiger partial charge in [0.2, 0.25) is 0 Å². The lowest BCUT2D eigenvalue weighted by molar-refractivity contribution is -0.137. The third-order valence-corrected chi connectivity index (χ3v) is 4.72. The molecule has 0 saturated carbocycles. The van der Waals surface area contributed by atoms with Gasteiger partial charge in [0.05, 0.1) is 25.9 Å². The molecule has 0 spiro atoms. The van der Waals surface area contributed by atoms with Gasteiger partial charge in [0.1, 0.15) is 5.76 Å². The Morgan fingerprint density at radius 3 is 2.12 bits per heavy atom. The lowest BCUT2D eigenvalue weighted by Crippen LogP contribution is -2.05. The van der Waals surface area contributed by atoms with Crippen molar-refractivity contribution in [3.8, 4) is 0 Å². The second kappa shape index (κ2) is 15.9. The molecule has 6 nitrogen and oxygen atoms in total. The number of carbonyl (C=O) groups excluding carboxylic acids is 1. The molecule has 0 bridgehead atoms. The van der Waals surface area contributed by atoms with Crippen molar-refractivity contribution < 1.29 is 27.7 Å². The van der Waals surface area contributed by atoms with Crippen LogP contribution in [0.4, 0.5) is 0 Å². The van der Waals surface area contributed by atoms with Crippen LogP contribution in [-0.2, 0) is 27.7 Å². The summed E-state index contributed by atoms with van der Waals surface area (Å²) in [5, 5.41) is 0. The van der Waals surface area contributed by atoms with Crippen LogP contribution in [0.2, 0.25) is 0 Å². The molecule has 0 unspecified atom stereocenters. The normalized spacial score (nSPS) is 12.3. The number of rotatable bonds is 16. The van der Waals surface area contributed by atoms with Gasteiger partial charge in [-0.2, -0.15) is 0 Å². The topological polar surface area (TPSA) is 71.1 Å². The molecule has 0 amide bonds. The molecule has 0 heterocycles. The van der Waals surface area contributed by atoms with E-state index in [1.54, 1.807) is 20.8 Å². The Labute approximate surface area is 157 Å². The molecule has 0 N–H and O–H groups in total. The summed E-state index contributed by atoms with van der Waals surface area (Å²) in [6.07, 6.45) is 12.4. The zero-order valence-electron chi connectivity index (χ0n) is 16.3. The molecule has 26 heavy (non-hydrogen) atoms. The van der Waals surface area contributed by atoms with E-state index in [-0.39, 0.29) is 25.6 Å². The highest BCUT2D eigenvalue weighted by Gasteiger charge is 2.28. The maximum Gasteiger partial charge on any atom is 0.529 e. The largest absolute Gasteiger partial charge is 0.529 e. The lowest BCUT2D eigenvalue weighted by Gasteiger charge is -2.19. The summed E-state index contributed by atoms with van der Waals surface area (Å²) in [6.45, 7) is 9.41. The van der Waals surface area contributed by atoms with Crippen LogP contribution in [0.1, 0.15) is 59.3 Å². The van der Waals surface area contributed by atoms with E-state index < -0.39 is 13.8 Å². The first-order chi connectivity index (χ1) is 12.5. The molecule has 0 rings (SSSR count). The average Bonchev–Trinajstić information content (AvgIpc) is 2.57. The Bertz CT molecular complexity index is 488. The summed E-state index contributed by atoms with van der Waals surface area (Å²) in [5.41, 5.74) is 0. The quantitative estimate of drug-likeness (QED) is 0.0842. The number of ether oxygens (including phenoxy) is 1. The summed E-state index contributed by atoms with van der Waals surface area (Å²) >= 11 is 0. The molecule has 0 fully saturated rings. The number of phosphoric ester groups is 1. The monoisotopic (exact) mass is 388 g/mol. The number of phosphoric acid groups is 1. The van der Waals surface area contributed by atoms with Crippen molar-refractivity contribution in [2.75, 3.05) is 19.8 Å². The molecule has 0 aliphatic rings. The second-order valence-electron chi connectivity index (χ2n) is 5.32. The SMILES string of the molecule is C=CCCC/C=C\CCC/C(=C/C(=O)OCC)OP(=O)(OCC)OCC. The molecule has 0 aromatic heterocycles. The van der Waals surface area contributed by atoms with E-state index in [0.717, 1.165) is 32.1 Å². The Morgan fingerprint density at radius 1 is 0.962 bits per heavy atom. The Balaban J connectivity index is 4.72. The highest BCUT2D eigenvalue weighted by molar-refractivity contribution is 7.48. The predicted molar refractivity (Wildman–Crippen MR) is 104 cm³/mol. The molecule has 0 aliphatic carbocycles. The summed E-state index contributed by atoms with van der Waals surface area (Å²) in [7, 11) is -3.73. The number of hydrogen-bond donors (Lipinski definition) is 0. The molecule has 0 atom stereocenters. The first-order valence-corrected chi connectivity index (χ1v) is 10.7. The van der Waals surface area contributed by atoms with Gasteiger partial charge >= 0.3 is 13.8 Å². The number of allylic oxidation sites excluding steroid dienone is 4. The van der Waals surface area contributed by atoms with Crippen molar-refractivity contribution in [3.05, 3.63) is 36.6 Å². The number of carbonyl (C=O) groups is 1. The molecule has 150 valence electrons. The predicted octanol–water partition coefficient (Wildman–Crippen LogP) is 5.71. The van der Waals surface area contributed by atoms with Crippen molar-refractivity contribution in [2.45, 2.75) is 59.3 Å². The molecule has 0 saturated heterocycles. The number of hydrogen-bond acceptors (Lipinski definition) is 6. The van der Waals surface area contributed by atoms with Crippen LogP contribution in [0.25, 0.3) is 0 Å². The van der Waals surface area contributed by atoms with Crippen LogP contribution in [-0.4, -0.2) is 25.8 Å². The van der Waals surface area contributed by atoms with E-state index in [1.807, 2.05) is 6.08 Å². The van der Waals surface area contributed by atoms with Crippen LogP contribution in [0, 0.1) is 0 Å². The fraction of sp³-hybridized carbons (Fsp3) is 0.632. The lowest BCUT2D eigenvalue weighted by atomic mass is 10.1. The van der Waals surface area contributed by atoms with Crippen molar-refractivity contribution in [3.63, 3.8) is 0 Å². The molecule has 0 aromatic rings. The first kappa shape index (κ1) is 24.6. The summed E-state index contributed by atoms with van der Waals surface area (Å²) < 4.78 is 33.1. The summed E-state index contributed by atoms with van der Waals surface area (Å²) in [6, 6.07) is 0. The van der Waals surface area contributed by atoms with Crippen LogP contribution < -0.4 is 0 Å². The zero-order valence-corrected chi connectivity index (χ0v) is 17.2. The van der Waals surface area contributed by atoms with Gasteiger partial charge in [-0.3, -0.25) is 9.05 Å². The fourth-order valence-corrected chi connectivity index (χ4v) is 3.26. The highest BCUT2D eigenvalue weighted by atomic mass is 31.2. The van der Waals surface area contributed by atoms with Crippen molar-refractivity contribution >= 4 is 13.8 Å². The van der Waals surface area contributed by atoms with E-state index >= 15 is 0 Å². The first-order valence-electron chi connectivity index (χ1n) is 9.23. The molecule has 0 radical (unpaired) electrons. The van der Waals surface area contributed by atoms with Gasteiger partial charge < -0.3 is 9.26 Å². The molecular formula is C19H33O6P. The van der Waals surface area contributed by atoms with Crippen molar-refractivity contribution in [1.82, 2.24) is 0 Å². The fourth-order valence-electron chi connectivity index (χ4n) is 2.02. The number of unbranched alkanes of at least 4 members (excludes halogenated alkanes) is 3. The molecule has 0 aliphatic heterocycles. The van der Waals surface area contributed by atoms with E-state index in [0.29, 0.717) is 6.42 Å². The van der Waals surface area contributed by atoms with Gasteiger partial charge in [0.15, 0.2) is 0 Å². The van der Waals surface area contributed by atoms with E-state index in [2.05, 4.69) is 18.7 Å². The Morgan fingerprint density at radius 2 is 1.58 bits per heavy atom. The van der Waals surface area contributed by atoms with Crippen molar-refractivity contribution in [2.24, 2.45) is 0 Å². The molecular weight excluding hydrogens is 355 g/mol. The summed E-state index contributed by atoms with van der Waals surface area (Å²) in [4.78, 5) is 11.7. The van der Waals surface area contributed by atoms with Crippen LogP contribution in [0.5, 0.6) is 0 Å². The summed E-state index contributed by atoms with van der Waals surface area (Å²) in [5.74, 6) is -0.296. The van der Waals surface area contributed by atoms with Crippen LogP contribution in [0.15, 0.2) is 36.6 Å². The Hall–Kier alpha value is -1.36. The smallest absolute Gasteiger partial charge is 0.463 e. The van der Waals surface area contributed by atoms with Gasteiger partial charge in [0.25, 0.3) is 0 Å². The second-order valence-corrected chi connectivity index (χ2v) is 6.91.